The smallest absolute Gasteiger partial charge is 0.234 e. The summed E-state index contributed by atoms with van der Waals surface area (Å²) in [5, 5.41) is 21.5. The van der Waals surface area contributed by atoms with Gasteiger partial charge in [-0.25, -0.2) is 0 Å². The van der Waals surface area contributed by atoms with Crippen LogP contribution in [0.15, 0.2) is 4.34 Å². The van der Waals surface area contributed by atoms with Gasteiger partial charge in [0.25, 0.3) is 0 Å². The summed E-state index contributed by atoms with van der Waals surface area (Å²) in [5.74, 6) is 0.273. The summed E-state index contributed by atoms with van der Waals surface area (Å²) in [5.41, 5.74) is -0.619. The molecular weight excluding hydrogens is 318 g/mol. The van der Waals surface area contributed by atoms with Crippen LogP contribution in [-0.2, 0) is 4.79 Å². The average Bonchev–Trinajstić information content (AvgIpc) is 3.00. The van der Waals surface area contributed by atoms with Crippen molar-refractivity contribution in [2.24, 2.45) is 0 Å². The maximum Gasteiger partial charge on any atom is 0.234 e. The zero-order valence-corrected chi connectivity index (χ0v) is 14.6. The van der Waals surface area contributed by atoms with Gasteiger partial charge in [-0.3, -0.25) is 4.79 Å². The van der Waals surface area contributed by atoms with Gasteiger partial charge in [-0.05, 0) is 19.8 Å². The Morgan fingerprint density at radius 1 is 1.45 bits per heavy atom. The van der Waals surface area contributed by atoms with Gasteiger partial charge in [-0.1, -0.05) is 42.4 Å². The zero-order chi connectivity index (χ0) is 16.0. The Labute approximate surface area is 139 Å². The van der Waals surface area contributed by atoms with E-state index in [4.69, 9.17) is 0 Å². The summed E-state index contributed by atoms with van der Waals surface area (Å²) < 4.78 is 0.771. The van der Waals surface area contributed by atoms with E-state index >= 15 is 0 Å². The van der Waals surface area contributed by atoms with E-state index in [0.717, 1.165) is 48.1 Å². The maximum absolute atomic E-state index is 12.4. The van der Waals surface area contributed by atoms with Gasteiger partial charge in [-0.2, -0.15) is 5.26 Å². The molecule has 1 heterocycles. The number of anilines is 1. The lowest BCUT2D eigenvalue weighted by molar-refractivity contribution is -0.131. The fraction of sp³-hybridized carbons (Fsp3) is 0.714. The van der Waals surface area contributed by atoms with Gasteiger partial charge in [0.05, 0.1) is 11.8 Å². The molecule has 0 atom stereocenters. The predicted molar refractivity (Wildman–Crippen MR) is 89.0 cm³/mol. The second-order valence-electron chi connectivity index (χ2n) is 5.35. The monoisotopic (exact) mass is 339 g/mol. The number of carbonyl (C=O) groups excluding carboxylic acids is 1. The molecule has 1 aliphatic carbocycles. The lowest BCUT2D eigenvalue weighted by Crippen LogP contribution is -2.50. The van der Waals surface area contributed by atoms with Crippen molar-refractivity contribution in [1.29, 1.82) is 5.26 Å². The predicted octanol–water partition coefficient (Wildman–Crippen LogP) is 2.75. The molecule has 1 aromatic heterocycles. The van der Waals surface area contributed by atoms with Crippen LogP contribution >= 0.6 is 23.1 Å². The number of hydrogen-bond acceptors (Lipinski definition) is 7. The van der Waals surface area contributed by atoms with E-state index in [0.29, 0.717) is 5.75 Å². The minimum atomic E-state index is -0.619. The van der Waals surface area contributed by atoms with Crippen LogP contribution in [0.4, 0.5) is 5.13 Å². The lowest BCUT2D eigenvalue weighted by Gasteiger charge is -2.38. The van der Waals surface area contributed by atoms with E-state index in [1.54, 1.807) is 11.9 Å². The molecule has 8 heteroatoms. The summed E-state index contributed by atoms with van der Waals surface area (Å²) in [4.78, 5) is 14.1. The fourth-order valence-corrected chi connectivity index (χ4v) is 4.34. The van der Waals surface area contributed by atoms with Gasteiger partial charge < -0.3 is 10.2 Å². The van der Waals surface area contributed by atoms with Gasteiger partial charge >= 0.3 is 0 Å². The molecule has 0 aromatic carbocycles. The van der Waals surface area contributed by atoms with Crippen LogP contribution < -0.4 is 5.32 Å². The standard InChI is InChI=1S/C14H21N5OS2/c1-3-16-12-17-18-13(22-12)21-9-11(20)19(2)14(10-15)7-5-4-6-8-14/h3-9H2,1-2H3,(H,16,17). The summed E-state index contributed by atoms with van der Waals surface area (Å²) >= 11 is 2.83. The summed E-state index contributed by atoms with van der Waals surface area (Å²) in [6.07, 6.45) is 4.74. The minimum Gasteiger partial charge on any atom is -0.360 e. The van der Waals surface area contributed by atoms with Gasteiger partial charge in [-0.15, -0.1) is 10.2 Å². The zero-order valence-electron chi connectivity index (χ0n) is 13.0. The highest BCUT2D eigenvalue weighted by atomic mass is 32.2. The van der Waals surface area contributed by atoms with Crippen LogP contribution in [0.3, 0.4) is 0 Å². The van der Waals surface area contributed by atoms with E-state index in [9.17, 15) is 10.1 Å². The molecule has 1 aromatic rings. The molecule has 1 aliphatic rings. The highest BCUT2D eigenvalue weighted by molar-refractivity contribution is 8.01. The molecule has 0 aliphatic heterocycles. The molecule has 1 saturated carbocycles. The van der Waals surface area contributed by atoms with E-state index in [-0.39, 0.29) is 5.91 Å². The van der Waals surface area contributed by atoms with Gasteiger partial charge in [0.15, 0.2) is 4.34 Å². The SMILES string of the molecule is CCNc1nnc(SCC(=O)N(C)C2(C#N)CCCCC2)s1. The number of thioether (sulfide) groups is 1. The Balaban J connectivity index is 1.91. The molecule has 0 saturated heterocycles. The third kappa shape index (κ3) is 3.90. The van der Waals surface area contributed by atoms with E-state index in [1.807, 2.05) is 6.92 Å². The van der Waals surface area contributed by atoms with Crippen LogP contribution in [-0.4, -0.2) is 45.9 Å². The average molecular weight is 339 g/mol. The van der Waals surface area contributed by atoms with Crippen molar-refractivity contribution in [1.82, 2.24) is 15.1 Å². The molecule has 0 radical (unpaired) electrons. The number of hydrogen-bond donors (Lipinski definition) is 1. The van der Waals surface area contributed by atoms with E-state index in [2.05, 4.69) is 21.6 Å². The highest BCUT2D eigenvalue weighted by Crippen LogP contribution is 2.33. The molecular formula is C14H21N5OS2. The van der Waals surface area contributed by atoms with Crippen LogP contribution in [0.2, 0.25) is 0 Å². The first-order valence-corrected chi connectivity index (χ1v) is 9.29. The summed E-state index contributed by atoms with van der Waals surface area (Å²) in [6, 6.07) is 2.38. The van der Waals surface area contributed by atoms with Crippen molar-refractivity contribution in [3.8, 4) is 6.07 Å². The van der Waals surface area contributed by atoms with Crippen molar-refractivity contribution in [2.75, 3.05) is 24.7 Å². The van der Waals surface area contributed by atoms with Crippen molar-refractivity contribution in [2.45, 2.75) is 48.9 Å². The molecule has 1 fully saturated rings. The maximum atomic E-state index is 12.4. The molecule has 22 heavy (non-hydrogen) atoms. The quantitative estimate of drug-likeness (QED) is 0.803. The summed E-state index contributed by atoms with van der Waals surface area (Å²) in [6.45, 7) is 2.80. The normalized spacial score (nSPS) is 16.8. The molecule has 0 spiro atoms. The second-order valence-corrected chi connectivity index (χ2v) is 7.55. The van der Waals surface area contributed by atoms with Gasteiger partial charge in [0, 0.05) is 13.6 Å². The van der Waals surface area contributed by atoms with Crippen molar-refractivity contribution < 1.29 is 4.79 Å². The number of rotatable bonds is 6. The Kier molecular flexibility index (Phi) is 6.03. The van der Waals surface area contributed by atoms with Crippen molar-refractivity contribution in [3.63, 3.8) is 0 Å². The Bertz CT molecular complexity index is 548. The first kappa shape index (κ1) is 17.0. The Morgan fingerprint density at radius 2 is 2.18 bits per heavy atom. The van der Waals surface area contributed by atoms with E-state index < -0.39 is 5.54 Å². The van der Waals surface area contributed by atoms with Crippen LogP contribution in [0.5, 0.6) is 0 Å². The summed E-state index contributed by atoms with van der Waals surface area (Å²) in [7, 11) is 1.75. The number of carbonyl (C=O) groups is 1. The van der Waals surface area contributed by atoms with Gasteiger partial charge in [0.1, 0.15) is 5.54 Å². The highest BCUT2D eigenvalue weighted by Gasteiger charge is 2.38. The molecule has 1 N–H and O–H groups in total. The molecule has 0 unspecified atom stereocenters. The first-order chi connectivity index (χ1) is 10.6. The van der Waals surface area contributed by atoms with Crippen molar-refractivity contribution >= 4 is 34.1 Å². The van der Waals surface area contributed by atoms with E-state index in [1.165, 1.54) is 23.1 Å². The largest absolute Gasteiger partial charge is 0.360 e. The number of nitrogens with one attached hydrogen (secondary N) is 1. The molecule has 0 bridgehead atoms. The molecule has 2 rings (SSSR count). The minimum absolute atomic E-state index is 0.0198. The number of nitriles is 1. The number of nitrogens with zero attached hydrogens (tertiary/aromatic N) is 4. The number of amides is 1. The molecule has 1 amide bonds. The second kappa shape index (κ2) is 7.79. The Morgan fingerprint density at radius 3 is 2.82 bits per heavy atom. The van der Waals surface area contributed by atoms with Crippen molar-refractivity contribution in [3.05, 3.63) is 0 Å². The third-order valence-corrected chi connectivity index (χ3v) is 5.96. The topological polar surface area (TPSA) is 81.9 Å². The Hall–Kier alpha value is -1.33. The van der Waals surface area contributed by atoms with Crippen LogP contribution in [0.1, 0.15) is 39.0 Å². The van der Waals surface area contributed by atoms with Gasteiger partial charge in [0.2, 0.25) is 11.0 Å². The van der Waals surface area contributed by atoms with Crippen LogP contribution in [0, 0.1) is 11.3 Å². The number of aromatic nitrogens is 2. The lowest BCUT2D eigenvalue weighted by atomic mass is 9.81. The van der Waals surface area contributed by atoms with Crippen LogP contribution in [0.25, 0.3) is 0 Å². The molecule has 120 valence electrons. The fourth-order valence-electron chi connectivity index (χ4n) is 2.61. The first-order valence-electron chi connectivity index (χ1n) is 7.49. The third-order valence-electron chi connectivity index (χ3n) is 3.96. The molecule has 6 nitrogen and oxygen atoms in total.